The first-order chi connectivity index (χ1) is 14.3. The Balaban J connectivity index is 1.58. The summed E-state index contributed by atoms with van der Waals surface area (Å²) in [6.45, 7) is 1.41. The van der Waals surface area contributed by atoms with Crippen LogP contribution < -0.4 is 21.3 Å². The summed E-state index contributed by atoms with van der Waals surface area (Å²) in [5, 5.41) is 14.2. The molecule has 1 aliphatic rings. The second-order valence-electron chi connectivity index (χ2n) is 6.23. The Morgan fingerprint density at radius 1 is 1.10 bits per heavy atom. The summed E-state index contributed by atoms with van der Waals surface area (Å²) in [5.41, 5.74) is 6.28. The normalized spacial score (nSPS) is 14.7. The van der Waals surface area contributed by atoms with E-state index in [0.717, 1.165) is 0 Å². The molecule has 3 rings (SSSR count). The summed E-state index contributed by atoms with van der Waals surface area (Å²) < 4.78 is 31.8. The summed E-state index contributed by atoms with van der Waals surface area (Å²) >= 11 is 11.0. The number of carboxylic acid groups (broad SMARTS) is 1. The molecule has 1 saturated heterocycles. The summed E-state index contributed by atoms with van der Waals surface area (Å²) in [6.07, 6.45) is 0. The maximum atomic E-state index is 12.6. The third-order valence-electron chi connectivity index (χ3n) is 4.23. The Morgan fingerprint density at radius 2 is 1.73 bits per heavy atom. The lowest BCUT2D eigenvalue weighted by molar-refractivity contribution is -0.255. The van der Waals surface area contributed by atoms with Gasteiger partial charge in [0.15, 0.2) is 5.11 Å². The molecule has 0 aromatic heterocycles. The highest BCUT2D eigenvalue weighted by Gasteiger charge is 2.26. The fourth-order valence-corrected chi connectivity index (χ4v) is 4.47. The van der Waals surface area contributed by atoms with E-state index in [9.17, 15) is 18.3 Å². The molecule has 2 aromatic carbocycles. The Hall–Kier alpha value is -2.44. The van der Waals surface area contributed by atoms with Crippen LogP contribution in [0.15, 0.2) is 47.4 Å². The van der Waals surface area contributed by atoms with Crippen molar-refractivity contribution in [1.82, 2.24) is 9.73 Å². The molecular formula is C18H18ClN4O5S2-. The van der Waals surface area contributed by atoms with Crippen LogP contribution in [-0.4, -0.2) is 50.1 Å². The molecule has 0 bridgehead atoms. The number of rotatable bonds is 6. The van der Waals surface area contributed by atoms with E-state index in [-0.39, 0.29) is 20.6 Å². The van der Waals surface area contributed by atoms with Crippen molar-refractivity contribution in [1.29, 1.82) is 0 Å². The Kier molecular flexibility index (Phi) is 7.10. The van der Waals surface area contributed by atoms with Crippen LogP contribution >= 0.6 is 23.8 Å². The van der Waals surface area contributed by atoms with E-state index in [1.54, 1.807) is 18.2 Å². The summed E-state index contributed by atoms with van der Waals surface area (Å²) in [5.74, 6) is -1.39. The van der Waals surface area contributed by atoms with E-state index < -0.39 is 16.0 Å². The molecule has 0 atom stereocenters. The van der Waals surface area contributed by atoms with Crippen molar-refractivity contribution in [2.24, 2.45) is 0 Å². The first-order valence-corrected chi connectivity index (χ1v) is 11.0. The number of nitrogens with zero attached hydrogens (tertiary/aromatic N) is 1. The molecule has 9 nitrogen and oxygen atoms in total. The predicted octanol–water partition coefficient (Wildman–Crippen LogP) is 1.04. The number of halogens is 1. The molecule has 3 N–H and O–H groups in total. The predicted molar refractivity (Wildman–Crippen MR) is 115 cm³/mol. The van der Waals surface area contributed by atoms with Crippen molar-refractivity contribution >= 4 is 56.3 Å². The molecule has 12 heteroatoms. The van der Waals surface area contributed by atoms with Gasteiger partial charge in [-0.3, -0.25) is 10.9 Å². The molecule has 0 saturated carbocycles. The third kappa shape index (κ3) is 5.37. The highest BCUT2D eigenvalue weighted by molar-refractivity contribution is 7.89. The first kappa shape index (κ1) is 22.2. The van der Waals surface area contributed by atoms with Crippen molar-refractivity contribution in [2.45, 2.75) is 4.90 Å². The van der Waals surface area contributed by atoms with Gasteiger partial charge >= 0.3 is 0 Å². The number of carbonyl (C=O) groups excluding carboxylic acids is 1. The fourth-order valence-electron chi connectivity index (χ4n) is 2.70. The molecule has 1 fully saturated rings. The van der Waals surface area contributed by atoms with Crippen molar-refractivity contribution in [3.05, 3.63) is 53.1 Å². The number of hydrazine groups is 1. The molecule has 0 spiro atoms. The summed E-state index contributed by atoms with van der Waals surface area (Å²) in [6, 6.07) is 10.5. The number of carboxylic acids is 1. The number of aromatic carboxylic acids is 1. The summed E-state index contributed by atoms with van der Waals surface area (Å²) in [7, 11) is -3.57. The largest absolute Gasteiger partial charge is 0.545 e. The van der Waals surface area contributed by atoms with Crippen LogP contribution in [0.2, 0.25) is 5.02 Å². The van der Waals surface area contributed by atoms with E-state index in [2.05, 4.69) is 16.2 Å². The SMILES string of the molecule is O=C([O-])c1cc(NNC(=S)Nc2ccc(S(=O)(=O)N3CCOCC3)cc2)ccc1Cl. The second kappa shape index (κ2) is 9.58. The number of sulfonamides is 1. The number of benzene rings is 2. The molecule has 1 heterocycles. The number of hydrogen-bond acceptors (Lipinski definition) is 7. The van der Waals surface area contributed by atoms with Crippen molar-refractivity contribution in [3.8, 4) is 0 Å². The minimum Gasteiger partial charge on any atom is -0.545 e. The van der Waals surface area contributed by atoms with E-state index in [0.29, 0.717) is 37.7 Å². The number of nitrogens with one attached hydrogen (secondary N) is 3. The smallest absolute Gasteiger partial charge is 0.243 e. The average Bonchev–Trinajstić information content (AvgIpc) is 2.74. The lowest BCUT2D eigenvalue weighted by atomic mass is 10.2. The van der Waals surface area contributed by atoms with Gasteiger partial charge in [0.1, 0.15) is 0 Å². The summed E-state index contributed by atoms with van der Waals surface area (Å²) in [4.78, 5) is 11.2. The van der Waals surface area contributed by atoms with Gasteiger partial charge in [-0.25, -0.2) is 8.42 Å². The van der Waals surface area contributed by atoms with Gasteiger partial charge in [-0.05, 0) is 54.7 Å². The molecule has 2 aromatic rings. The second-order valence-corrected chi connectivity index (χ2v) is 8.98. The zero-order valence-corrected chi connectivity index (χ0v) is 17.9. The molecule has 30 heavy (non-hydrogen) atoms. The number of morpholine rings is 1. The maximum absolute atomic E-state index is 12.6. The van der Waals surface area contributed by atoms with Gasteiger partial charge in [0, 0.05) is 29.4 Å². The zero-order valence-electron chi connectivity index (χ0n) is 15.6. The Bertz CT molecular complexity index is 1040. The highest BCUT2D eigenvalue weighted by Crippen LogP contribution is 2.20. The molecule has 0 aliphatic carbocycles. The number of carbonyl (C=O) groups is 1. The quantitative estimate of drug-likeness (QED) is 0.420. The number of ether oxygens (including phenoxy) is 1. The minimum atomic E-state index is -3.57. The van der Waals surface area contributed by atoms with Gasteiger partial charge in [0.05, 0.1) is 29.8 Å². The van der Waals surface area contributed by atoms with E-state index in [1.807, 2.05) is 0 Å². The van der Waals surface area contributed by atoms with Gasteiger partial charge in [-0.2, -0.15) is 4.31 Å². The molecule has 0 unspecified atom stereocenters. The number of anilines is 2. The van der Waals surface area contributed by atoms with Crippen LogP contribution in [0.25, 0.3) is 0 Å². The third-order valence-corrected chi connectivity index (χ3v) is 6.67. The number of hydrogen-bond donors (Lipinski definition) is 3. The minimum absolute atomic E-state index is 0.0633. The molecule has 0 amide bonds. The van der Waals surface area contributed by atoms with Crippen LogP contribution in [0.1, 0.15) is 10.4 Å². The van der Waals surface area contributed by atoms with Crippen molar-refractivity contribution in [3.63, 3.8) is 0 Å². The van der Waals surface area contributed by atoms with E-state index in [4.69, 9.17) is 28.6 Å². The van der Waals surface area contributed by atoms with Gasteiger partial charge in [-0.1, -0.05) is 11.6 Å². The van der Waals surface area contributed by atoms with Crippen LogP contribution in [0.4, 0.5) is 11.4 Å². The maximum Gasteiger partial charge on any atom is 0.243 e. The van der Waals surface area contributed by atoms with Crippen molar-refractivity contribution in [2.75, 3.05) is 37.0 Å². The van der Waals surface area contributed by atoms with Crippen LogP contribution in [0.3, 0.4) is 0 Å². The van der Waals surface area contributed by atoms with E-state index >= 15 is 0 Å². The zero-order chi connectivity index (χ0) is 21.7. The Labute approximate surface area is 184 Å². The van der Waals surface area contributed by atoms with Gasteiger partial charge in [0.2, 0.25) is 10.0 Å². The van der Waals surface area contributed by atoms with E-state index in [1.165, 1.54) is 28.6 Å². The highest BCUT2D eigenvalue weighted by atomic mass is 35.5. The molecule has 160 valence electrons. The molecule has 0 radical (unpaired) electrons. The molecule has 1 aliphatic heterocycles. The van der Waals surface area contributed by atoms with Crippen LogP contribution in [0, 0.1) is 0 Å². The lowest BCUT2D eigenvalue weighted by Crippen LogP contribution is -2.40. The van der Waals surface area contributed by atoms with Gasteiger partial charge in [0.25, 0.3) is 0 Å². The number of thiocarbonyl (C=S) groups is 1. The lowest BCUT2D eigenvalue weighted by Gasteiger charge is -2.26. The van der Waals surface area contributed by atoms with Crippen LogP contribution in [0.5, 0.6) is 0 Å². The van der Waals surface area contributed by atoms with Crippen molar-refractivity contribution < 1.29 is 23.1 Å². The average molecular weight is 470 g/mol. The fraction of sp³-hybridized carbons (Fsp3) is 0.222. The van der Waals surface area contributed by atoms with Gasteiger partial charge < -0.3 is 20.0 Å². The topological polar surface area (TPSA) is 123 Å². The monoisotopic (exact) mass is 469 g/mol. The Morgan fingerprint density at radius 3 is 2.37 bits per heavy atom. The standard InChI is InChI=1S/C18H19ClN4O5S2/c19-16-6-3-13(11-15(16)17(24)25)21-22-18(29)20-12-1-4-14(5-2-12)30(26,27)23-7-9-28-10-8-23/h1-6,11,21H,7-10H2,(H,24,25)(H2,20,22,29)/p-1. The van der Waals surface area contributed by atoms with Crippen LogP contribution in [-0.2, 0) is 14.8 Å². The first-order valence-electron chi connectivity index (χ1n) is 8.79. The van der Waals surface area contributed by atoms with Gasteiger partial charge in [-0.15, -0.1) is 0 Å². The molecular weight excluding hydrogens is 452 g/mol.